The second kappa shape index (κ2) is 6.13. The summed E-state index contributed by atoms with van der Waals surface area (Å²) < 4.78 is 24.5. The van der Waals surface area contributed by atoms with E-state index in [0.717, 1.165) is 6.26 Å². The standard InChI is InChI=1S/C14H11Cl2N3O2S/c1-9-13(7-12(8-17)22(2,20)21)14(16)19(18-9)11-5-3-4-10(15)6-11/h3-7H,1-2H3/b12-7+. The Kier molecular flexibility index (Phi) is 4.61. The van der Waals surface area contributed by atoms with Gasteiger partial charge in [-0.2, -0.15) is 10.4 Å². The first-order chi connectivity index (χ1) is 10.2. The number of nitrogens with zero attached hydrogens (tertiary/aromatic N) is 3. The maximum absolute atomic E-state index is 11.5. The summed E-state index contributed by atoms with van der Waals surface area (Å²) in [6.45, 7) is 1.68. The number of halogens is 2. The molecule has 5 nitrogen and oxygen atoms in total. The molecule has 114 valence electrons. The van der Waals surface area contributed by atoms with Gasteiger partial charge in [-0.25, -0.2) is 13.1 Å². The summed E-state index contributed by atoms with van der Waals surface area (Å²) in [7, 11) is -3.63. The molecule has 0 N–H and O–H groups in total. The number of rotatable bonds is 3. The number of aryl methyl sites for hydroxylation is 1. The molecule has 0 fully saturated rings. The molecule has 0 bridgehead atoms. The summed E-state index contributed by atoms with van der Waals surface area (Å²) in [5.41, 5.74) is 1.52. The van der Waals surface area contributed by atoms with Gasteiger partial charge in [0.15, 0.2) is 9.84 Å². The summed E-state index contributed by atoms with van der Waals surface area (Å²) in [5, 5.41) is 14.0. The van der Waals surface area contributed by atoms with Gasteiger partial charge >= 0.3 is 0 Å². The van der Waals surface area contributed by atoms with Crippen LogP contribution in [0.1, 0.15) is 11.3 Å². The van der Waals surface area contributed by atoms with Gasteiger partial charge in [0.1, 0.15) is 16.1 Å². The maximum Gasteiger partial charge on any atom is 0.185 e. The Morgan fingerprint density at radius 1 is 1.41 bits per heavy atom. The largest absolute Gasteiger partial charge is 0.223 e. The van der Waals surface area contributed by atoms with Crippen molar-refractivity contribution in [3.8, 4) is 11.8 Å². The molecular weight excluding hydrogens is 345 g/mol. The van der Waals surface area contributed by atoms with Crippen molar-refractivity contribution in [1.29, 1.82) is 5.26 Å². The molecule has 0 spiro atoms. The van der Waals surface area contributed by atoms with Crippen LogP contribution in [0.3, 0.4) is 0 Å². The third-order valence-electron chi connectivity index (χ3n) is 2.89. The highest BCUT2D eigenvalue weighted by Gasteiger charge is 2.17. The molecule has 22 heavy (non-hydrogen) atoms. The van der Waals surface area contributed by atoms with Gasteiger partial charge in [-0.1, -0.05) is 29.3 Å². The molecule has 0 aliphatic rings. The van der Waals surface area contributed by atoms with Crippen LogP contribution < -0.4 is 0 Å². The molecule has 8 heteroatoms. The minimum Gasteiger partial charge on any atom is -0.223 e. The Bertz CT molecular complexity index is 909. The molecule has 1 aromatic carbocycles. The van der Waals surface area contributed by atoms with E-state index in [-0.39, 0.29) is 10.1 Å². The lowest BCUT2D eigenvalue weighted by Gasteiger charge is -2.03. The van der Waals surface area contributed by atoms with Crippen molar-refractivity contribution in [2.24, 2.45) is 0 Å². The molecular formula is C14H11Cl2N3O2S. The van der Waals surface area contributed by atoms with Crippen LogP contribution in [0.2, 0.25) is 10.2 Å². The number of aromatic nitrogens is 2. The first-order valence-corrected chi connectivity index (χ1v) is 8.71. The lowest BCUT2D eigenvalue weighted by atomic mass is 10.2. The second-order valence-electron chi connectivity index (χ2n) is 4.57. The van der Waals surface area contributed by atoms with Crippen molar-refractivity contribution in [1.82, 2.24) is 9.78 Å². The van der Waals surface area contributed by atoms with Crippen molar-refractivity contribution < 1.29 is 8.42 Å². The van der Waals surface area contributed by atoms with E-state index < -0.39 is 9.84 Å². The fourth-order valence-corrected chi connectivity index (χ4v) is 2.82. The second-order valence-corrected chi connectivity index (χ2v) is 7.35. The van der Waals surface area contributed by atoms with Gasteiger partial charge < -0.3 is 0 Å². The number of nitriles is 1. The number of benzene rings is 1. The van der Waals surface area contributed by atoms with Crippen LogP contribution in [-0.4, -0.2) is 24.5 Å². The van der Waals surface area contributed by atoms with Crippen LogP contribution in [0.15, 0.2) is 29.2 Å². The highest BCUT2D eigenvalue weighted by molar-refractivity contribution is 7.95. The van der Waals surface area contributed by atoms with Crippen LogP contribution in [-0.2, 0) is 9.84 Å². The van der Waals surface area contributed by atoms with Gasteiger partial charge in [0, 0.05) is 16.8 Å². The van der Waals surface area contributed by atoms with E-state index >= 15 is 0 Å². The Morgan fingerprint density at radius 2 is 2.09 bits per heavy atom. The van der Waals surface area contributed by atoms with Gasteiger partial charge in [-0.3, -0.25) is 0 Å². The van der Waals surface area contributed by atoms with E-state index in [1.165, 1.54) is 10.8 Å². The Hall–Kier alpha value is -1.81. The number of allylic oxidation sites excluding steroid dienone is 1. The van der Waals surface area contributed by atoms with Crippen molar-refractivity contribution >= 4 is 39.1 Å². The van der Waals surface area contributed by atoms with E-state index in [1.54, 1.807) is 37.3 Å². The molecule has 0 aliphatic carbocycles. The lowest BCUT2D eigenvalue weighted by molar-refractivity contribution is 0.609. The van der Waals surface area contributed by atoms with Crippen molar-refractivity contribution in [2.45, 2.75) is 6.92 Å². The van der Waals surface area contributed by atoms with E-state index in [1.807, 2.05) is 0 Å². The highest BCUT2D eigenvalue weighted by Crippen LogP contribution is 2.27. The van der Waals surface area contributed by atoms with Crippen LogP contribution >= 0.6 is 23.2 Å². The fourth-order valence-electron chi connectivity index (χ4n) is 1.81. The van der Waals surface area contributed by atoms with Gasteiger partial charge in [0.05, 0.1) is 11.4 Å². The lowest BCUT2D eigenvalue weighted by Crippen LogP contribution is -1.98. The molecule has 0 saturated heterocycles. The predicted molar refractivity (Wildman–Crippen MR) is 86.8 cm³/mol. The zero-order chi connectivity index (χ0) is 16.5. The van der Waals surface area contributed by atoms with E-state index in [4.69, 9.17) is 28.5 Å². The number of hydrogen-bond donors (Lipinski definition) is 0. The quantitative estimate of drug-likeness (QED) is 0.790. The van der Waals surface area contributed by atoms with Crippen molar-refractivity contribution in [3.05, 3.63) is 50.6 Å². The summed E-state index contributed by atoms with van der Waals surface area (Å²) in [5.74, 6) is 0. The van der Waals surface area contributed by atoms with Crippen LogP contribution in [0.5, 0.6) is 0 Å². The summed E-state index contributed by atoms with van der Waals surface area (Å²) in [6.07, 6.45) is 2.19. The summed E-state index contributed by atoms with van der Waals surface area (Å²) in [6, 6.07) is 8.56. The Morgan fingerprint density at radius 3 is 2.64 bits per heavy atom. The fraction of sp³-hybridized carbons (Fsp3) is 0.143. The zero-order valence-electron chi connectivity index (χ0n) is 11.7. The Labute approximate surface area is 138 Å². The summed E-state index contributed by atoms with van der Waals surface area (Å²) in [4.78, 5) is -0.372. The SMILES string of the molecule is Cc1nn(-c2cccc(Cl)c2)c(Cl)c1/C=C(\C#N)S(C)(=O)=O. The average Bonchev–Trinajstić information content (AvgIpc) is 2.70. The number of sulfone groups is 1. The molecule has 0 unspecified atom stereocenters. The molecule has 1 aromatic heterocycles. The average molecular weight is 356 g/mol. The maximum atomic E-state index is 11.5. The third kappa shape index (κ3) is 3.33. The topological polar surface area (TPSA) is 75.8 Å². The molecule has 0 aliphatic heterocycles. The smallest absolute Gasteiger partial charge is 0.185 e. The molecule has 1 heterocycles. The van der Waals surface area contributed by atoms with E-state index in [9.17, 15) is 8.42 Å². The van der Waals surface area contributed by atoms with Gasteiger partial charge in [-0.15, -0.1) is 0 Å². The highest BCUT2D eigenvalue weighted by atomic mass is 35.5. The van der Waals surface area contributed by atoms with Crippen molar-refractivity contribution in [3.63, 3.8) is 0 Å². The molecule has 0 atom stereocenters. The molecule has 0 saturated carbocycles. The third-order valence-corrected chi connectivity index (χ3v) is 4.49. The van der Waals surface area contributed by atoms with Gasteiger partial charge in [-0.05, 0) is 31.2 Å². The van der Waals surface area contributed by atoms with Gasteiger partial charge in [0.25, 0.3) is 0 Å². The molecule has 2 aromatic rings. The number of hydrogen-bond acceptors (Lipinski definition) is 4. The van der Waals surface area contributed by atoms with Crippen LogP contribution in [0.25, 0.3) is 11.8 Å². The zero-order valence-corrected chi connectivity index (χ0v) is 14.0. The minimum absolute atomic E-state index is 0.205. The van der Waals surface area contributed by atoms with E-state index in [0.29, 0.717) is 22.0 Å². The van der Waals surface area contributed by atoms with Crippen LogP contribution in [0.4, 0.5) is 0 Å². The van der Waals surface area contributed by atoms with Crippen molar-refractivity contribution in [2.75, 3.05) is 6.26 Å². The molecule has 0 radical (unpaired) electrons. The molecule has 2 rings (SSSR count). The monoisotopic (exact) mass is 355 g/mol. The van der Waals surface area contributed by atoms with E-state index in [2.05, 4.69) is 5.10 Å². The predicted octanol–water partition coefficient (Wildman–Crippen LogP) is 3.40. The summed E-state index contributed by atoms with van der Waals surface area (Å²) >= 11 is 12.2. The minimum atomic E-state index is -3.63. The normalized spacial score (nSPS) is 12.2. The van der Waals surface area contributed by atoms with Gasteiger partial charge in [0.2, 0.25) is 0 Å². The molecule has 0 amide bonds. The first-order valence-electron chi connectivity index (χ1n) is 6.07. The first kappa shape index (κ1) is 16.6. The van der Waals surface area contributed by atoms with Crippen LogP contribution in [0, 0.1) is 18.3 Å². The Balaban J connectivity index is 2.63.